The smallest absolute Gasteiger partial charge is 0.130 e. The maximum absolute atomic E-state index is 4.33. The molecule has 1 atom stereocenters. The number of aryl methyl sites for hydroxylation is 2. The Balaban J connectivity index is 1.87. The van der Waals surface area contributed by atoms with Gasteiger partial charge in [-0.1, -0.05) is 18.2 Å². The van der Waals surface area contributed by atoms with Crippen LogP contribution in [0, 0.1) is 6.92 Å². The summed E-state index contributed by atoms with van der Waals surface area (Å²) in [5.41, 5.74) is 4.55. The van der Waals surface area contributed by atoms with E-state index in [-0.39, 0.29) is 6.04 Å². The van der Waals surface area contributed by atoms with Gasteiger partial charge in [0, 0.05) is 47.2 Å². The maximum Gasteiger partial charge on any atom is 0.130 e. The molecule has 4 aromatic rings. The number of benzene rings is 1. The van der Waals surface area contributed by atoms with Crippen LogP contribution in [-0.2, 0) is 7.05 Å². The maximum atomic E-state index is 4.33. The molecule has 6 nitrogen and oxygen atoms in total. The van der Waals surface area contributed by atoms with Crippen molar-refractivity contribution in [2.45, 2.75) is 13.0 Å². The molecule has 3 aromatic heterocycles. The van der Waals surface area contributed by atoms with E-state index in [9.17, 15) is 0 Å². The van der Waals surface area contributed by atoms with E-state index >= 15 is 0 Å². The molecule has 1 aromatic carbocycles. The van der Waals surface area contributed by atoms with Gasteiger partial charge >= 0.3 is 0 Å². The van der Waals surface area contributed by atoms with Gasteiger partial charge in [0.05, 0.1) is 12.2 Å². The van der Waals surface area contributed by atoms with Crippen molar-refractivity contribution in [1.29, 1.82) is 0 Å². The summed E-state index contributed by atoms with van der Waals surface area (Å²) >= 11 is 0. The number of anilines is 1. The highest BCUT2D eigenvalue weighted by Crippen LogP contribution is 2.33. The van der Waals surface area contributed by atoms with Crippen molar-refractivity contribution in [2.24, 2.45) is 7.05 Å². The average Bonchev–Trinajstić information content (AvgIpc) is 3.16. The van der Waals surface area contributed by atoms with Gasteiger partial charge in [-0.3, -0.25) is 4.68 Å². The van der Waals surface area contributed by atoms with Gasteiger partial charge in [-0.2, -0.15) is 5.10 Å². The minimum absolute atomic E-state index is 0.0512. The van der Waals surface area contributed by atoms with Crippen LogP contribution in [0.5, 0.6) is 0 Å². The summed E-state index contributed by atoms with van der Waals surface area (Å²) in [6.07, 6.45) is 7.20. The molecular formula is C18H18N6. The second-order valence-electron chi connectivity index (χ2n) is 5.83. The lowest BCUT2D eigenvalue weighted by Gasteiger charge is -2.19. The lowest BCUT2D eigenvalue weighted by molar-refractivity contribution is 0.766. The van der Waals surface area contributed by atoms with Crippen LogP contribution in [-0.4, -0.2) is 24.7 Å². The van der Waals surface area contributed by atoms with Crippen molar-refractivity contribution >= 4 is 16.7 Å². The topological polar surface area (TPSA) is 71.4 Å². The molecule has 2 N–H and O–H groups in total. The van der Waals surface area contributed by atoms with Crippen LogP contribution < -0.4 is 5.32 Å². The van der Waals surface area contributed by atoms with Crippen LogP contribution >= 0.6 is 0 Å². The van der Waals surface area contributed by atoms with E-state index in [2.05, 4.69) is 50.5 Å². The first kappa shape index (κ1) is 14.4. The SMILES string of the molecule is Cc1[nH]c2ccccc2c1C(Nc1ccncn1)c1cnn(C)c1. The lowest BCUT2D eigenvalue weighted by Crippen LogP contribution is -2.13. The Morgan fingerprint density at radius 2 is 2.08 bits per heavy atom. The van der Waals surface area contributed by atoms with Gasteiger partial charge in [0.25, 0.3) is 0 Å². The summed E-state index contributed by atoms with van der Waals surface area (Å²) in [6, 6.07) is 10.1. The van der Waals surface area contributed by atoms with Gasteiger partial charge in [-0.25, -0.2) is 9.97 Å². The highest BCUT2D eigenvalue weighted by Gasteiger charge is 2.22. The van der Waals surface area contributed by atoms with E-state index in [4.69, 9.17) is 0 Å². The van der Waals surface area contributed by atoms with Crippen LogP contribution in [0.3, 0.4) is 0 Å². The Bertz CT molecular complexity index is 970. The number of rotatable bonds is 4. The predicted octanol–water partition coefficient (Wildman–Crippen LogP) is 3.20. The van der Waals surface area contributed by atoms with Crippen molar-refractivity contribution in [1.82, 2.24) is 24.7 Å². The number of hydrogen-bond donors (Lipinski definition) is 2. The quantitative estimate of drug-likeness (QED) is 0.606. The Morgan fingerprint density at radius 1 is 1.21 bits per heavy atom. The standard InChI is InChI=1S/C18H18N6/c1-12-17(14-5-3-4-6-15(14)22-12)18(13-9-21-24(2)10-13)23-16-7-8-19-11-20-16/h3-11,18,22H,1-2H3,(H,19,20,23). The molecule has 120 valence electrons. The first-order valence-corrected chi connectivity index (χ1v) is 7.80. The van der Waals surface area contributed by atoms with Gasteiger partial charge in [-0.15, -0.1) is 0 Å². The number of H-pyrrole nitrogens is 1. The van der Waals surface area contributed by atoms with Crippen LogP contribution in [0.4, 0.5) is 5.82 Å². The molecule has 0 amide bonds. The first-order valence-electron chi connectivity index (χ1n) is 7.80. The summed E-state index contributed by atoms with van der Waals surface area (Å²) in [5.74, 6) is 0.781. The summed E-state index contributed by atoms with van der Waals surface area (Å²) in [5, 5.41) is 9.05. The number of nitrogens with one attached hydrogen (secondary N) is 2. The number of hydrogen-bond acceptors (Lipinski definition) is 4. The second-order valence-corrected chi connectivity index (χ2v) is 5.83. The molecular weight excluding hydrogens is 300 g/mol. The normalized spacial score (nSPS) is 12.4. The summed E-state index contributed by atoms with van der Waals surface area (Å²) in [7, 11) is 1.92. The Kier molecular flexibility index (Phi) is 3.49. The fraction of sp³-hybridized carbons (Fsp3) is 0.167. The van der Waals surface area contributed by atoms with E-state index < -0.39 is 0 Å². The predicted molar refractivity (Wildman–Crippen MR) is 93.7 cm³/mol. The number of fused-ring (bicyclic) bond motifs is 1. The number of aromatic nitrogens is 5. The summed E-state index contributed by atoms with van der Waals surface area (Å²) < 4.78 is 1.81. The Labute approximate surface area is 139 Å². The molecule has 0 aliphatic rings. The molecule has 1 unspecified atom stereocenters. The fourth-order valence-corrected chi connectivity index (χ4v) is 3.11. The molecule has 4 rings (SSSR count). The van der Waals surface area contributed by atoms with E-state index in [1.165, 1.54) is 10.9 Å². The van der Waals surface area contributed by atoms with Crippen molar-refractivity contribution in [3.8, 4) is 0 Å². The fourth-order valence-electron chi connectivity index (χ4n) is 3.11. The van der Waals surface area contributed by atoms with Crippen molar-refractivity contribution in [2.75, 3.05) is 5.32 Å². The van der Waals surface area contributed by atoms with E-state index in [0.717, 1.165) is 22.6 Å². The van der Waals surface area contributed by atoms with E-state index in [1.54, 1.807) is 12.5 Å². The highest BCUT2D eigenvalue weighted by atomic mass is 15.2. The lowest BCUT2D eigenvalue weighted by atomic mass is 9.98. The third-order valence-electron chi connectivity index (χ3n) is 4.16. The molecule has 0 radical (unpaired) electrons. The van der Waals surface area contributed by atoms with Crippen LogP contribution in [0.15, 0.2) is 55.2 Å². The largest absolute Gasteiger partial charge is 0.359 e. The zero-order chi connectivity index (χ0) is 16.5. The van der Waals surface area contributed by atoms with E-state index in [0.29, 0.717) is 0 Å². The van der Waals surface area contributed by atoms with E-state index in [1.807, 2.05) is 36.3 Å². The number of para-hydroxylation sites is 1. The second kappa shape index (κ2) is 5.81. The van der Waals surface area contributed by atoms with Gasteiger partial charge in [-0.05, 0) is 19.1 Å². The molecule has 0 aliphatic carbocycles. The van der Waals surface area contributed by atoms with Gasteiger partial charge < -0.3 is 10.3 Å². The average molecular weight is 318 g/mol. The molecule has 0 bridgehead atoms. The van der Waals surface area contributed by atoms with Crippen LogP contribution in [0.2, 0.25) is 0 Å². The zero-order valence-corrected chi connectivity index (χ0v) is 13.6. The molecule has 0 fully saturated rings. The first-order chi connectivity index (χ1) is 11.7. The third-order valence-corrected chi connectivity index (χ3v) is 4.16. The molecule has 3 heterocycles. The molecule has 0 saturated heterocycles. The molecule has 0 spiro atoms. The van der Waals surface area contributed by atoms with Gasteiger partial charge in [0.2, 0.25) is 0 Å². The van der Waals surface area contributed by atoms with Gasteiger partial charge in [0.1, 0.15) is 12.1 Å². The van der Waals surface area contributed by atoms with Gasteiger partial charge in [0.15, 0.2) is 0 Å². The monoisotopic (exact) mass is 318 g/mol. The third kappa shape index (κ3) is 2.52. The van der Waals surface area contributed by atoms with Crippen molar-refractivity contribution in [3.63, 3.8) is 0 Å². The minimum Gasteiger partial charge on any atom is -0.359 e. The Hall–Kier alpha value is -3.15. The molecule has 0 aliphatic heterocycles. The van der Waals surface area contributed by atoms with Crippen molar-refractivity contribution < 1.29 is 0 Å². The Morgan fingerprint density at radius 3 is 2.83 bits per heavy atom. The van der Waals surface area contributed by atoms with Crippen LogP contribution in [0.25, 0.3) is 10.9 Å². The minimum atomic E-state index is -0.0512. The number of nitrogens with zero attached hydrogens (tertiary/aromatic N) is 4. The molecule has 0 saturated carbocycles. The zero-order valence-electron chi connectivity index (χ0n) is 13.6. The summed E-state index contributed by atoms with van der Waals surface area (Å²) in [4.78, 5) is 11.8. The highest BCUT2D eigenvalue weighted by molar-refractivity contribution is 5.86. The number of aromatic amines is 1. The molecule has 6 heteroatoms. The van der Waals surface area contributed by atoms with Crippen molar-refractivity contribution in [3.05, 3.63) is 72.1 Å². The van der Waals surface area contributed by atoms with Crippen LogP contribution in [0.1, 0.15) is 22.9 Å². The molecule has 24 heavy (non-hydrogen) atoms. The summed E-state index contributed by atoms with van der Waals surface area (Å²) in [6.45, 7) is 2.10.